The van der Waals surface area contributed by atoms with Crippen molar-refractivity contribution < 1.29 is 0 Å². The SMILES string of the molecule is C1=NCCN1c1ccc2nc(-c3ccccc3)ncc2c1. The van der Waals surface area contributed by atoms with E-state index in [0.717, 1.165) is 41.1 Å². The first-order valence-electron chi connectivity index (χ1n) is 6.99. The Morgan fingerprint density at radius 3 is 2.71 bits per heavy atom. The molecule has 1 aliphatic heterocycles. The van der Waals surface area contributed by atoms with Crippen molar-refractivity contribution in [1.82, 2.24) is 9.97 Å². The van der Waals surface area contributed by atoms with E-state index in [4.69, 9.17) is 0 Å². The summed E-state index contributed by atoms with van der Waals surface area (Å²) in [5, 5.41) is 1.05. The molecule has 2 heterocycles. The van der Waals surface area contributed by atoms with Crippen molar-refractivity contribution in [3.8, 4) is 11.4 Å². The molecule has 0 spiro atoms. The average molecular weight is 274 g/mol. The number of aromatic nitrogens is 2. The van der Waals surface area contributed by atoms with E-state index in [1.165, 1.54) is 0 Å². The van der Waals surface area contributed by atoms with Crippen molar-refractivity contribution in [2.45, 2.75) is 0 Å². The molecule has 0 bridgehead atoms. The first-order valence-corrected chi connectivity index (χ1v) is 6.99. The van der Waals surface area contributed by atoms with Gasteiger partial charge in [-0.05, 0) is 18.2 Å². The number of aliphatic imine (C=N–C) groups is 1. The van der Waals surface area contributed by atoms with Gasteiger partial charge >= 0.3 is 0 Å². The molecular formula is C17H14N4. The van der Waals surface area contributed by atoms with Gasteiger partial charge in [-0.15, -0.1) is 0 Å². The van der Waals surface area contributed by atoms with Crippen LogP contribution < -0.4 is 4.90 Å². The molecule has 0 atom stereocenters. The number of fused-ring (bicyclic) bond motifs is 1. The fourth-order valence-corrected chi connectivity index (χ4v) is 2.50. The summed E-state index contributed by atoms with van der Waals surface area (Å²) in [7, 11) is 0. The molecule has 102 valence electrons. The fraction of sp³-hybridized carbons (Fsp3) is 0.118. The molecule has 3 aromatic rings. The second-order valence-corrected chi connectivity index (χ2v) is 5.02. The van der Waals surface area contributed by atoms with Crippen LogP contribution in [-0.4, -0.2) is 29.4 Å². The predicted molar refractivity (Wildman–Crippen MR) is 85.7 cm³/mol. The summed E-state index contributed by atoms with van der Waals surface area (Å²) >= 11 is 0. The topological polar surface area (TPSA) is 41.4 Å². The highest BCUT2D eigenvalue weighted by molar-refractivity contribution is 5.88. The molecule has 1 aromatic heterocycles. The maximum absolute atomic E-state index is 4.65. The summed E-state index contributed by atoms with van der Waals surface area (Å²) in [6.45, 7) is 1.80. The summed E-state index contributed by atoms with van der Waals surface area (Å²) in [5.74, 6) is 0.763. The van der Waals surface area contributed by atoms with Gasteiger partial charge in [0, 0.05) is 29.4 Å². The van der Waals surface area contributed by atoms with Crippen molar-refractivity contribution in [2.75, 3.05) is 18.0 Å². The zero-order valence-electron chi connectivity index (χ0n) is 11.5. The first kappa shape index (κ1) is 12.0. The number of hydrogen-bond acceptors (Lipinski definition) is 4. The molecule has 0 saturated carbocycles. The fourth-order valence-electron chi connectivity index (χ4n) is 2.50. The van der Waals surface area contributed by atoms with Crippen LogP contribution in [-0.2, 0) is 0 Å². The third-order valence-corrected chi connectivity index (χ3v) is 3.62. The zero-order chi connectivity index (χ0) is 14.1. The van der Waals surface area contributed by atoms with Gasteiger partial charge in [-0.1, -0.05) is 30.3 Å². The van der Waals surface area contributed by atoms with Gasteiger partial charge in [0.25, 0.3) is 0 Å². The molecule has 21 heavy (non-hydrogen) atoms. The third-order valence-electron chi connectivity index (χ3n) is 3.62. The predicted octanol–water partition coefficient (Wildman–Crippen LogP) is 3.15. The molecule has 4 heteroatoms. The summed E-state index contributed by atoms with van der Waals surface area (Å²) in [5.41, 5.74) is 3.14. The van der Waals surface area contributed by atoms with E-state index in [2.05, 4.69) is 32.0 Å². The molecule has 0 saturated heterocycles. The van der Waals surface area contributed by atoms with Gasteiger partial charge in [0.15, 0.2) is 5.82 Å². The van der Waals surface area contributed by atoms with Gasteiger partial charge in [0.05, 0.1) is 18.4 Å². The van der Waals surface area contributed by atoms with E-state index in [1.807, 2.05) is 48.9 Å². The lowest BCUT2D eigenvalue weighted by Gasteiger charge is -2.14. The number of rotatable bonds is 2. The Bertz CT molecular complexity index is 811. The minimum atomic E-state index is 0.763. The van der Waals surface area contributed by atoms with E-state index in [0.29, 0.717) is 0 Å². The maximum atomic E-state index is 4.65. The Labute approximate surface area is 122 Å². The lowest BCUT2D eigenvalue weighted by Crippen LogP contribution is -2.17. The van der Waals surface area contributed by atoms with Crippen LogP contribution in [0.5, 0.6) is 0 Å². The summed E-state index contributed by atoms with van der Waals surface area (Å²) in [6.07, 6.45) is 3.78. The largest absolute Gasteiger partial charge is 0.331 e. The summed E-state index contributed by atoms with van der Waals surface area (Å²) in [6, 6.07) is 16.3. The van der Waals surface area contributed by atoms with E-state index in [1.54, 1.807) is 0 Å². The third kappa shape index (κ3) is 2.25. The number of anilines is 1. The van der Waals surface area contributed by atoms with Crippen LogP contribution in [0.4, 0.5) is 5.69 Å². The Kier molecular flexibility index (Phi) is 2.85. The van der Waals surface area contributed by atoms with Gasteiger partial charge in [-0.2, -0.15) is 0 Å². The van der Waals surface area contributed by atoms with Crippen molar-refractivity contribution in [1.29, 1.82) is 0 Å². The van der Waals surface area contributed by atoms with Crippen LogP contribution >= 0.6 is 0 Å². The number of benzene rings is 2. The molecule has 0 unspecified atom stereocenters. The smallest absolute Gasteiger partial charge is 0.159 e. The minimum absolute atomic E-state index is 0.763. The van der Waals surface area contributed by atoms with Gasteiger partial charge in [-0.25, -0.2) is 9.97 Å². The maximum Gasteiger partial charge on any atom is 0.159 e. The van der Waals surface area contributed by atoms with E-state index < -0.39 is 0 Å². The Hall–Kier alpha value is -2.75. The van der Waals surface area contributed by atoms with Crippen LogP contribution in [0.3, 0.4) is 0 Å². The highest BCUT2D eigenvalue weighted by atomic mass is 15.2. The Morgan fingerprint density at radius 1 is 1.00 bits per heavy atom. The van der Waals surface area contributed by atoms with Crippen LogP contribution in [0.15, 0.2) is 59.7 Å². The van der Waals surface area contributed by atoms with Gasteiger partial charge < -0.3 is 4.90 Å². The van der Waals surface area contributed by atoms with E-state index in [-0.39, 0.29) is 0 Å². The Morgan fingerprint density at radius 2 is 1.90 bits per heavy atom. The molecule has 0 amide bonds. The van der Waals surface area contributed by atoms with Gasteiger partial charge in [0.2, 0.25) is 0 Å². The van der Waals surface area contributed by atoms with Crippen LogP contribution in [0, 0.1) is 0 Å². The Balaban J connectivity index is 1.76. The van der Waals surface area contributed by atoms with Crippen molar-refractivity contribution in [3.05, 3.63) is 54.7 Å². The lowest BCUT2D eigenvalue weighted by molar-refractivity contribution is 1.02. The average Bonchev–Trinajstić information content (AvgIpc) is 3.09. The normalized spacial score (nSPS) is 14.0. The molecule has 4 nitrogen and oxygen atoms in total. The number of hydrogen-bond donors (Lipinski definition) is 0. The summed E-state index contributed by atoms with van der Waals surface area (Å²) in [4.78, 5) is 15.5. The van der Waals surface area contributed by atoms with Crippen molar-refractivity contribution in [3.63, 3.8) is 0 Å². The molecule has 0 aliphatic carbocycles. The van der Waals surface area contributed by atoms with Crippen molar-refractivity contribution >= 4 is 22.9 Å². The first-order chi connectivity index (χ1) is 10.4. The van der Waals surface area contributed by atoms with E-state index >= 15 is 0 Å². The highest BCUT2D eigenvalue weighted by Crippen LogP contribution is 2.23. The van der Waals surface area contributed by atoms with Gasteiger partial charge in [0.1, 0.15) is 0 Å². The van der Waals surface area contributed by atoms with Crippen LogP contribution in [0.1, 0.15) is 0 Å². The molecule has 0 fully saturated rings. The molecule has 0 N–H and O–H groups in total. The van der Waals surface area contributed by atoms with Crippen LogP contribution in [0.25, 0.3) is 22.3 Å². The molecule has 0 radical (unpaired) electrons. The van der Waals surface area contributed by atoms with E-state index in [9.17, 15) is 0 Å². The van der Waals surface area contributed by atoms with Crippen LogP contribution in [0.2, 0.25) is 0 Å². The molecule has 4 rings (SSSR count). The monoisotopic (exact) mass is 274 g/mol. The summed E-state index contributed by atoms with van der Waals surface area (Å²) < 4.78 is 0. The number of nitrogens with zero attached hydrogens (tertiary/aromatic N) is 4. The molecule has 2 aromatic carbocycles. The molecule has 1 aliphatic rings. The van der Waals surface area contributed by atoms with Gasteiger partial charge in [-0.3, -0.25) is 4.99 Å². The van der Waals surface area contributed by atoms with Crippen molar-refractivity contribution in [2.24, 2.45) is 4.99 Å². The highest BCUT2D eigenvalue weighted by Gasteiger charge is 2.09. The second kappa shape index (κ2) is 4.98. The zero-order valence-corrected chi connectivity index (χ0v) is 11.5. The quantitative estimate of drug-likeness (QED) is 0.721. The minimum Gasteiger partial charge on any atom is -0.331 e. The lowest BCUT2D eigenvalue weighted by atomic mass is 10.2. The molecular weight excluding hydrogens is 260 g/mol. The standard InChI is InChI=1S/C17H14N4/c1-2-4-13(5-3-1)17-19-11-14-10-15(6-7-16(14)20-17)21-9-8-18-12-21/h1-7,10-12H,8-9H2. The second-order valence-electron chi connectivity index (χ2n) is 5.02.